The molecule has 0 aliphatic carbocycles. The molecule has 2 N–H and O–H groups in total. The van der Waals surface area contributed by atoms with Crippen LogP contribution >= 0.6 is 0 Å². The van der Waals surface area contributed by atoms with E-state index in [1.807, 2.05) is 25.1 Å². The maximum atomic E-state index is 12.5. The number of carbonyl (C=O) groups excluding carboxylic acids is 3. The third-order valence-electron chi connectivity index (χ3n) is 4.87. The average Bonchev–Trinajstić information content (AvgIpc) is 2.76. The molecule has 1 aromatic carbocycles. The van der Waals surface area contributed by atoms with Gasteiger partial charge in [0.25, 0.3) is 5.91 Å². The molecule has 0 bridgehead atoms. The van der Waals surface area contributed by atoms with E-state index in [2.05, 4.69) is 10.6 Å². The maximum absolute atomic E-state index is 12.5. The summed E-state index contributed by atoms with van der Waals surface area (Å²) in [5.41, 5.74) is -0.409. The van der Waals surface area contributed by atoms with Gasteiger partial charge in [-0.05, 0) is 26.2 Å². The third-order valence-corrected chi connectivity index (χ3v) is 4.87. The highest BCUT2D eigenvalue weighted by Crippen LogP contribution is 2.33. The van der Waals surface area contributed by atoms with Crippen LogP contribution in [0, 0.1) is 0 Å². The zero-order valence-corrected chi connectivity index (χ0v) is 15.8. The van der Waals surface area contributed by atoms with Gasteiger partial charge in [0.15, 0.2) is 5.72 Å². The summed E-state index contributed by atoms with van der Waals surface area (Å²) >= 11 is 0. The number of likely N-dealkylation sites (N-methyl/N-ethyl adjacent to an activating group) is 1. The minimum atomic E-state index is -0.906. The van der Waals surface area contributed by atoms with E-state index in [4.69, 9.17) is 4.74 Å². The van der Waals surface area contributed by atoms with Gasteiger partial charge in [0, 0.05) is 38.9 Å². The smallest absolute Gasteiger partial charge is 0.258 e. The second kappa shape index (κ2) is 7.96. The third kappa shape index (κ3) is 4.57. The van der Waals surface area contributed by atoms with Crippen LogP contribution in [0.25, 0.3) is 0 Å². The average molecular weight is 374 g/mol. The number of fused-ring (bicyclic) bond motifs is 1. The number of hydrogen-bond acceptors (Lipinski definition) is 5. The second-order valence-electron chi connectivity index (χ2n) is 7.27. The van der Waals surface area contributed by atoms with Gasteiger partial charge in [-0.25, -0.2) is 0 Å². The quantitative estimate of drug-likeness (QED) is 0.768. The van der Waals surface area contributed by atoms with E-state index in [0.29, 0.717) is 37.2 Å². The summed E-state index contributed by atoms with van der Waals surface area (Å²) in [6.45, 7) is 1.64. The van der Waals surface area contributed by atoms with Crippen molar-refractivity contribution in [1.29, 1.82) is 0 Å². The first kappa shape index (κ1) is 19.2. The lowest BCUT2D eigenvalue weighted by Crippen LogP contribution is -2.56. The molecule has 1 aromatic rings. The molecule has 2 aliphatic heterocycles. The Morgan fingerprint density at radius 3 is 2.85 bits per heavy atom. The van der Waals surface area contributed by atoms with Gasteiger partial charge in [-0.15, -0.1) is 0 Å². The lowest BCUT2D eigenvalue weighted by Gasteiger charge is -2.38. The molecule has 1 unspecified atom stereocenters. The Balaban J connectivity index is 1.62. The Kier molecular flexibility index (Phi) is 5.65. The van der Waals surface area contributed by atoms with Crippen molar-refractivity contribution in [3.63, 3.8) is 0 Å². The van der Waals surface area contributed by atoms with Crippen LogP contribution in [0.2, 0.25) is 0 Å². The number of ether oxygens (including phenoxy) is 1. The number of hydrogen-bond donors (Lipinski definition) is 2. The molecule has 146 valence electrons. The van der Waals surface area contributed by atoms with Crippen molar-refractivity contribution in [2.24, 2.45) is 0 Å². The van der Waals surface area contributed by atoms with Gasteiger partial charge in [-0.1, -0.05) is 12.1 Å². The Morgan fingerprint density at radius 1 is 1.30 bits per heavy atom. The van der Waals surface area contributed by atoms with Crippen molar-refractivity contribution in [3.05, 3.63) is 29.8 Å². The van der Waals surface area contributed by atoms with Gasteiger partial charge in [0.2, 0.25) is 11.8 Å². The molecule has 1 spiro atoms. The fourth-order valence-electron chi connectivity index (χ4n) is 3.33. The second-order valence-corrected chi connectivity index (χ2v) is 7.27. The van der Waals surface area contributed by atoms with Crippen LogP contribution in [0.1, 0.15) is 29.6 Å². The molecule has 27 heavy (non-hydrogen) atoms. The summed E-state index contributed by atoms with van der Waals surface area (Å²) in [5, 5.41) is 5.74. The normalized spacial score (nSPS) is 22.1. The minimum absolute atomic E-state index is 0.0207. The van der Waals surface area contributed by atoms with Gasteiger partial charge >= 0.3 is 0 Å². The van der Waals surface area contributed by atoms with Crippen molar-refractivity contribution in [3.8, 4) is 5.75 Å². The molecule has 1 saturated heterocycles. The van der Waals surface area contributed by atoms with E-state index in [-0.39, 0.29) is 30.7 Å². The Bertz CT molecular complexity index is 736. The highest BCUT2D eigenvalue weighted by Gasteiger charge is 2.42. The number of likely N-dealkylation sites (tertiary alicyclic amines) is 1. The highest BCUT2D eigenvalue weighted by atomic mass is 16.5. The summed E-state index contributed by atoms with van der Waals surface area (Å²) in [6, 6.07) is 7.08. The van der Waals surface area contributed by atoms with Crippen molar-refractivity contribution < 1.29 is 19.1 Å². The lowest BCUT2D eigenvalue weighted by atomic mass is 10.0. The van der Waals surface area contributed by atoms with E-state index < -0.39 is 5.72 Å². The van der Waals surface area contributed by atoms with Crippen LogP contribution in [0.15, 0.2) is 24.3 Å². The van der Waals surface area contributed by atoms with Crippen LogP contribution in [0.3, 0.4) is 0 Å². The molecule has 8 nitrogen and oxygen atoms in total. The SMILES string of the molecule is CN(C)CCNC(=O)CN1CCC2(CCC1=O)NC(=O)c1ccccc1O2. The molecular formula is C19H26N4O4. The molecule has 8 heteroatoms. The summed E-state index contributed by atoms with van der Waals surface area (Å²) in [4.78, 5) is 40.5. The predicted molar refractivity (Wildman–Crippen MR) is 99.3 cm³/mol. The fraction of sp³-hybridized carbons (Fsp3) is 0.526. The van der Waals surface area contributed by atoms with E-state index >= 15 is 0 Å². The Labute approximate surface area is 158 Å². The van der Waals surface area contributed by atoms with Crippen LogP contribution < -0.4 is 15.4 Å². The number of amides is 3. The number of nitrogens with zero attached hydrogens (tertiary/aromatic N) is 2. The molecule has 3 rings (SSSR count). The molecule has 3 amide bonds. The molecule has 0 radical (unpaired) electrons. The molecule has 0 aromatic heterocycles. The summed E-state index contributed by atoms with van der Waals surface area (Å²) in [6.07, 6.45) is 1.03. The fourth-order valence-corrected chi connectivity index (χ4v) is 3.33. The van der Waals surface area contributed by atoms with Crippen LogP contribution in [0.4, 0.5) is 0 Å². The van der Waals surface area contributed by atoms with Crippen molar-refractivity contribution in [1.82, 2.24) is 20.4 Å². The van der Waals surface area contributed by atoms with Crippen LogP contribution in [-0.4, -0.2) is 73.5 Å². The standard InChI is InChI=1S/C19H26N4O4/c1-22(2)12-10-20-16(24)13-23-11-9-19(8-7-17(23)25)21-18(26)14-5-3-4-6-15(14)27-19/h3-6H,7-13H2,1-2H3,(H,20,24)(H,21,26). The van der Waals surface area contributed by atoms with Crippen LogP contribution in [-0.2, 0) is 9.59 Å². The summed E-state index contributed by atoms with van der Waals surface area (Å²) in [5.74, 6) is 0.0502. The van der Waals surface area contributed by atoms with E-state index in [1.165, 1.54) is 4.90 Å². The zero-order chi connectivity index (χ0) is 19.4. The number of nitrogens with one attached hydrogen (secondary N) is 2. The first-order valence-electron chi connectivity index (χ1n) is 9.18. The first-order valence-corrected chi connectivity index (χ1v) is 9.18. The molecular weight excluding hydrogens is 348 g/mol. The monoisotopic (exact) mass is 374 g/mol. The first-order chi connectivity index (χ1) is 12.9. The molecule has 2 aliphatic rings. The molecule has 1 atom stereocenters. The predicted octanol–water partition coefficient (Wildman–Crippen LogP) is 0.195. The largest absolute Gasteiger partial charge is 0.467 e. The summed E-state index contributed by atoms with van der Waals surface area (Å²) in [7, 11) is 3.86. The van der Waals surface area contributed by atoms with Gasteiger partial charge in [-0.2, -0.15) is 0 Å². The number of benzene rings is 1. The van der Waals surface area contributed by atoms with Gasteiger partial charge < -0.3 is 25.2 Å². The minimum Gasteiger partial charge on any atom is -0.467 e. The van der Waals surface area contributed by atoms with E-state index in [0.717, 1.165) is 6.54 Å². The maximum Gasteiger partial charge on any atom is 0.258 e. The van der Waals surface area contributed by atoms with Gasteiger partial charge in [-0.3, -0.25) is 14.4 Å². The van der Waals surface area contributed by atoms with Crippen molar-refractivity contribution >= 4 is 17.7 Å². The van der Waals surface area contributed by atoms with Crippen LogP contribution in [0.5, 0.6) is 5.75 Å². The van der Waals surface area contributed by atoms with Crippen molar-refractivity contribution in [2.75, 3.05) is 40.3 Å². The number of carbonyl (C=O) groups is 3. The van der Waals surface area contributed by atoms with Gasteiger partial charge in [0.05, 0.1) is 12.1 Å². The number of rotatable bonds is 5. The molecule has 0 saturated carbocycles. The highest BCUT2D eigenvalue weighted by molar-refractivity contribution is 5.98. The Hall–Kier alpha value is -2.61. The number of para-hydroxylation sites is 1. The van der Waals surface area contributed by atoms with E-state index in [9.17, 15) is 14.4 Å². The topological polar surface area (TPSA) is 91.0 Å². The lowest BCUT2D eigenvalue weighted by molar-refractivity contribution is -0.135. The Morgan fingerprint density at radius 2 is 2.07 bits per heavy atom. The summed E-state index contributed by atoms with van der Waals surface area (Å²) < 4.78 is 6.09. The van der Waals surface area contributed by atoms with E-state index in [1.54, 1.807) is 18.2 Å². The van der Waals surface area contributed by atoms with Gasteiger partial charge in [0.1, 0.15) is 5.75 Å². The zero-order valence-electron chi connectivity index (χ0n) is 15.8. The van der Waals surface area contributed by atoms with Crippen molar-refractivity contribution in [2.45, 2.75) is 25.0 Å². The molecule has 1 fully saturated rings. The molecule has 2 heterocycles.